The predicted octanol–water partition coefficient (Wildman–Crippen LogP) is 1.62. The largest absolute Gasteiger partial charge is 0.481 e. The Balaban J connectivity index is 1.96. The molecule has 1 aliphatic rings. The molecule has 0 bridgehead atoms. The van der Waals surface area contributed by atoms with Crippen molar-refractivity contribution >= 4 is 5.91 Å². The van der Waals surface area contributed by atoms with Crippen LogP contribution in [0.2, 0.25) is 0 Å². The Morgan fingerprint density at radius 3 is 2.67 bits per heavy atom. The molecule has 2 rings (SSSR count). The number of aryl methyl sites for hydroxylation is 1. The molecule has 1 saturated heterocycles. The highest BCUT2D eigenvalue weighted by molar-refractivity contribution is 5.81. The van der Waals surface area contributed by atoms with Gasteiger partial charge >= 0.3 is 0 Å². The number of hydrogen-bond donors (Lipinski definition) is 0. The van der Waals surface area contributed by atoms with Crippen LogP contribution >= 0.6 is 0 Å². The van der Waals surface area contributed by atoms with Gasteiger partial charge in [0.25, 0.3) is 5.91 Å². The first-order valence-corrected chi connectivity index (χ1v) is 6.27. The molecule has 0 radical (unpaired) electrons. The number of benzene rings is 1. The van der Waals surface area contributed by atoms with Crippen LogP contribution in [0.25, 0.3) is 0 Å². The summed E-state index contributed by atoms with van der Waals surface area (Å²) in [5.74, 6) is 0.799. The third kappa shape index (κ3) is 3.01. The van der Waals surface area contributed by atoms with Crippen molar-refractivity contribution in [2.24, 2.45) is 0 Å². The number of morpholine rings is 1. The minimum atomic E-state index is -0.454. The summed E-state index contributed by atoms with van der Waals surface area (Å²) >= 11 is 0. The fourth-order valence-corrected chi connectivity index (χ4v) is 1.97. The quantitative estimate of drug-likeness (QED) is 0.817. The third-order valence-electron chi connectivity index (χ3n) is 3.07. The average molecular weight is 249 g/mol. The van der Waals surface area contributed by atoms with Gasteiger partial charge in [0.05, 0.1) is 13.2 Å². The summed E-state index contributed by atoms with van der Waals surface area (Å²) in [6, 6.07) is 7.73. The molecule has 18 heavy (non-hydrogen) atoms. The molecule has 98 valence electrons. The lowest BCUT2D eigenvalue weighted by Crippen LogP contribution is -2.46. The van der Waals surface area contributed by atoms with Gasteiger partial charge in [0.2, 0.25) is 0 Å². The number of para-hydroxylation sites is 1. The number of amides is 1. The molecule has 0 N–H and O–H groups in total. The minimum Gasteiger partial charge on any atom is -0.481 e. The van der Waals surface area contributed by atoms with E-state index in [9.17, 15) is 4.79 Å². The molecule has 1 atom stereocenters. The van der Waals surface area contributed by atoms with Gasteiger partial charge in [-0.3, -0.25) is 4.79 Å². The second-order valence-corrected chi connectivity index (χ2v) is 4.46. The fourth-order valence-electron chi connectivity index (χ4n) is 1.97. The van der Waals surface area contributed by atoms with E-state index in [1.54, 1.807) is 11.8 Å². The Morgan fingerprint density at radius 2 is 2.00 bits per heavy atom. The summed E-state index contributed by atoms with van der Waals surface area (Å²) < 4.78 is 11.0. The first-order chi connectivity index (χ1) is 8.68. The van der Waals surface area contributed by atoms with E-state index in [4.69, 9.17) is 9.47 Å². The zero-order valence-electron chi connectivity index (χ0n) is 10.9. The normalized spacial score (nSPS) is 17.3. The molecule has 4 heteroatoms. The average Bonchev–Trinajstić information content (AvgIpc) is 2.41. The Labute approximate surface area is 107 Å². The van der Waals surface area contributed by atoms with Gasteiger partial charge in [-0.15, -0.1) is 0 Å². The van der Waals surface area contributed by atoms with E-state index in [0.29, 0.717) is 26.3 Å². The van der Waals surface area contributed by atoms with E-state index in [0.717, 1.165) is 11.3 Å². The summed E-state index contributed by atoms with van der Waals surface area (Å²) in [5, 5.41) is 0. The van der Waals surface area contributed by atoms with E-state index >= 15 is 0 Å². The molecule has 0 spiro atoms. The van der Waals surface area contributed by atoms with Crippen LogP contribution in [-0.2, 0) is 9.53 Å². The van der Waals surface area contributed by atoms with Crippen molar-refractivity contribution in [2.75, 3.05) is 26.3 Å². The zero-order valence-corrected chi connectivity index (χ0v) is 10.9. The van der Waals surface area contributed by atoms with Crippen LogP contribution in [0, 0.1) is 6.92 Å². The van der Waals surface area contributed by atoms with Gasteiger partial charge in [0.15, 0.2) is 6.10 Å². The topological polar surface area (TPSA) is 38.8 Å². The van der Waals surface area contributed by atoms with Crippen molar-refractivity contribution in [3.05, 3.63) is 29.8 Å². The van der Waals surface area contributed by atoms with Gasteiger partial charge in [-0.25, -0.2) is 0 Å². The SMILES string of the molecule is Cc1ccccc1O[C@H](C)C(=O)N1CCOCC1. The molecule has 1 aliphatic heterocycles. The van der Waals surface area contributed by atoms with Crippen LogP contribution in [0.4, 0.5) is 0 Å². The van der Waals surface area contributed by atoms with Gasteiger partial charge in [-0.05, 0) is 25.5 Å². The molecule has 1 aromatic rings. The second-order valence-electron chi connectivity index (χ2n) is 4.46. The molecule has 4 nitrogen and oxygen atoms in total. The van der Waals surface area contributed by atoms with Crippen molar-refractivity contribution in [1.82, 2.24) is 4.90 Å². The number of nitrogens with zero attached hydrogens (tertiary/aromatic N) is 1. The van der Waals surface area contributed by atoms with Crippen molar-refractivity contribution in [3.8, 4) is 5.75 Å². The summed E-state index contributed by atoms with van der Waals surface area (Å²) in [6.45, 7) is 6.30. The zero-order chi connectivity index (χ0) is 13.0. The van der Waals surface area contributed by atoms with Gasteiger partial charge in [-0.2, -0.15) is 0 Å². The van der Waals surface area contributed by atoms with Gasteiger partial charge in [-0.1, -0.05) is 18.2 Å². The van der Waals surface area contributed by atoms with Crippen LogP contribution < -0.4 is 4.74 Å². The van der Waals surface area contributed by atoms with Crippen LogP contribution in [0.1, 0.15) is 12.5 Å². The summed E-state index contributed by atoms with van der Waals surface area (Å²) in [7, 11) is 0. The standard InChI is InChI=1S/C14H19NO3/c1-11-5-3-4-6-13(11)18-12(2)14(16)15-7-9-17-10-8-15/h3-6,12H,7-10H2,1-2H3/t12-/m1/s1. The summed E-state index contributed by atoms with van der Waals surface area (Å²) in [5.41, 5.74) is 1.04. The maximum atomic E-state index is 12.2. The van der Waals surface area contributed by atoms with Gasteiger partial charge < -0.3 is 14.4 Å². The number of rotatable bonds is 3. The van der Waals surface area contributed by atoms with E-state index in [-0.39, 0.29) is 5.91 Å². The monoisotopic (exact) mass is 249 g/mol. The van der Waals surface area contributed by atoms with Crippen molar-refractivity contribution < 1.29 is 14.3 Å². The first kappa shape index (κ1) is 12.9. The van der Waals surface area contributed by atoms with Gasteiger partial charge in [0, 0.05) is 13.1 Å². The van der Waals surface area contributed by atoms with E-state index < -0.39 is 6.10 Å². The molecule has 1 fully saturated rings. The van der Waals surface area contributed by atoms with Crippen LogP contribution in [0.3, 0.4) is 0 Å². The van der Waals surface area contributed by atoms with E-state index in [1.807, 2.05) is 31.2 Å². The van der Waals surface area contributed by atoms with Gasteiger partial charge in [0.1, 0.15) is 5.75 Å². The Morgan fingerprint density at radius 1 is 1.33 bits per heavy atom. The van der Waals surface area contributed by atoms with Crippen molar-refractivity contribution in [1.29, 1.82) is 0 Å². The lowest BCUT2D eigenvalue weighted by Gasteiger charge is -2.29. The maximum Gasteiger partial charge on any atom is 0.263 e. The number of hydrogen-bond acceptors (Lipinski definition) is 3. The van der Waals surface area contributed by atoms with Crippen molar-refractivity contribution in [2.45, 2.75) is 20.0 Å². The Bertz CT molecular complexity index is 413. The molecule has 1 heterocycles. The highest BCUT2D eigenvalue weighted by Crippen LogP contribution is 2.18. The van der Waals surface area contributed by atoms with E-state index in [1.165, 1.54) is 0 Å². The van der Waals surface area contributed by atoms with Crippen molar-refractivity contribution in [3.63, 3.8) is 0 Å². The summed E-state index contributed by atoms with van der Waals surface area (Å²) in [6.07, 6.45) is -0.454. The second kappa shape index (κ2) is 5.87. The highest BCUT2D eigenvalue weighted by Gasteiger charge is 2.23. The Hall–Kier alpha value is -1.55. The molecule has 0 aromatic heterocycles. The minimum absolute atomic E-state index is 0.0292. The lowest BCUT2D eigenvalue weighted by molar-refractivity contribution is -0.142. The van der Waals surface area contributed by atoms with E-state index in [2.05, 4.69) is 0 Å². The number of carbonyl (C=O) groups excluding carboxylic acids is 1. The highest BCUT2D eigenvalue weighted by atomic mass is 16.5. The van der Waals surface area contributed by atoms with Crippen LogP contribution in [0.15, 0.2) is 24.3 Å². The molecular weight excluding hydrogens is 230 g/mol. The fraction of sp³-hybridized carbons (Fsp3) is 0.500. The summed E-state index contributed by atoms with van der Waals surface area (Å²) in [4.78, 5) is 14.0. The number of ether oxygens (including phenoxy) is 2. The number of carbonyl (C=O) groups is 1. The molecule has 1 aromatic carbocycles. The lowest BCUT2D eigenvalue weighted by atomic mass is 10.2. The van der Waals surface area contributed by atoms with Crippen LogP contribution in [0.5, 0.6) is 5.75 Å². The Kier molecular flexibility index (Phi) is 4.20. The molecule has 0 saturated carbocycles. The molecule has 0 aliphatic carbocycles. The molecular formula is C14H19NO3. The smallest absolute Gasteiger partial charge is 0.263 e. The molecule has 0 unspecified atom stereocenters. The first-order valence-electron chi connectivity index (χ1n) is 6.27. The molecule has 1 amide bonds. The maximum absolute atomic E-state index is 12.2. The predicted molar refractivity (Wildman–Crippen MR) is 68.7 cm³/mol. The third-order valence-corrected chi connectivity index (χ3v) is 3.07. The van der Waals surface area contributed by atoms with Crippen LogP contribution in [-0.4, -0.2) is 43.2 Å².